The van der Waals surface area contributed by atoms with E-state index in [0.717, 1.165) is 42.9 Å². The number of aryl methyl sites for hydroxylation is 1. The molecular weight excluding hydrogens is 288 g/mol. The van der Waals surface area contributed by atoms with Gasteiger partial charge in [-0.1, -0.05) is 43.7 Å². The average molecular weight is 312 g/mol. The van der Waals surface area contributed by atoms with Crippen molar-refractivity contribution < 1.29 is 9.47 Å². The van der Waals surface area contributed by atoms with Crippen LogP contribution in [0.15, 0.2) is 48.7 Å². The highest BCUT2D eigenvalue weighted by Crippen LogP contribution is 2.29. The van der Waals surface area contributed by atoms with Crippen molar-refractivity contribution in [1.82, 2.24) is 10.3 Å². The van der Waals surface area contributed by atoms with Crippen LogP contribution in [0.4, 0.5) is 0 Å². The average Bonchev–Trinajstić information content (AvgIpc) is 2.63. The molecule has 1 saturated heterocycles. The summed E-state index contributed by atoms with van der Waals surface area (Å²) in [6.07, 6.45) is 3.66. The van der Waals surface area contributed by atoms with E-state index in [9.17, 15) is 0 Å². The number of aromatic nitrogens is 1. The van der Waals surface area contributed by atoms with Gasteiger partial charge in [-0.3, -0.25) is 4.98 Å². The van der Waals surface area contributed by atoms with Crippen LogP contribution in [0.2, 0.25) is 0 Å². The molecule has 0 radical (unpaired) electrons. The second-order valence-corrected chi connectivity index (χ2v) is 5.76. The third kappa shape index (κ3) is 4.09. The third-order valence-corrected chi connectivity index (χ3v) is 4.01. The Hall–Kier alpha value is -1.91. The van der Waals surface area contributed by atoms with E-state index >= 15 is 0 Å². The first-order valence-electron chi connectivity index (χ1n) is 8.36. The van der Waals surface area contributed by atoms with Crippen LogP contribution in [-0.2, 0) is 11.2 Å². The lowest BCUT2D eigenvalue weighted by atomic mass is 10.0. The fraction of sp³-hybridized carbons (Fsp3) is 0.421. The SMILES string of the molecule is CCCc1ncccc1OC(c1ccccc1)[C@@H]1CNCCO1. The summed E-state index contributed by atoms with van der Waals surface area (Å²) in [5, 5.41) is 3.39. The minimum absolute atomic E-state index is 0.000771. The fourth-order valence-electron chi connectivity index (χ4n) is 2.87. The van der Waals surface area contributed by atoms with Crippen LogP contribution in [0.1, 0.15) is 30.7 Å². The standard InChI is InChI=1S/C19H24N2O2/c1-2-7-16-17(10-6-11-21-16)23-19(15-8-4-3-5-9-15)18-14-20-12-13-22-18/h3-6,8-11,18-20H,2,7,12-14H2,1H3/t18-,19?/m0/s1. The van der Waals surface area contributed by atoms with Crippen molar-refractivity contribution in [2.24, 2.45) is 0 Å². The molecule has 0 saturated carbocycles. The van der Waals surface area contributed by atoms with Crippen LogP contribution in [-0.4, -0.2) is 30.8 Å². The molecule has 1 aliphatic heterocycles. The molecule has 1 fully saturated rings. The van der Waals surface area contributed by atoms with Gasteiger partial charge in [0, 0.05) is 19.3 Å². The number of rotatable bonds is 6. The van der Waals surface area contributed by atoms with E-state index in [4.69, 9.17) is 9.47 Å². The van der Waals surface area contributed by atoms with Gasteiger partial charge >= 0.3 is 0 Å². The van der Waals surface area contributed by atoms with Crippen molar-refractivity contribution in [2.45, 2.75) is 32.0 Å². The Balaban J connectivity index is 1.86. The highest BCUT2D eigenvalue weighted by atomic mass is 16.5. The quantitative estimate of drug-likeness (QED) is 0.890. The first kappa shape index (κ1) is 16.0. The van der Waals surface area contributed by atoms with Crippen molar-refractivity contribution >= 4 is 0 Å². The lowest BCUT2D eigenvalue weighted by molar-refractivity contribution is -0.0436. The number of morpholine rings is 1. The topological polar surface area (TPSA) is 43.4 Å². The van der Waals surface area contributed by atoms with Crippen molar-refractivity contribution in [3.63, 3.8) is 0 Å². The van der Waals surface area contributed by atoms with Gasteiger partial charge in [0.15, 0.2) is 6.10 Å². The van der Waals surface area contributed by atoms with Crippen molar-refractivity contribution in [3.8, 4) is 5.75 Å². The molecule has 1 unspecified atom stereocenters. The zero-order valence-corrected chi connectivity index (χ0v) is 13.6. The Kier molecular flexibility index (Phi) is 5.61. The van der Waals surface area contributed by atoms with E-state index < -0.39 is 0 Å². The molecule has 1 aromatic carbocycles. The van der Waals surface area contributed by atoms with Gasteiger partial charge in [0.05, 0.1) is 12.3 Å². The Morgan fingerprint density at radius 3 is 2.87 bits per heavy atom. The molecule has 3 rings (SSSR count). The Morgan fingerprint density at radius 2 is 2.13 bits per heavy atom. The molecule has 0 bridgehead atoms. The molecular formula is C19H24N2O2. The van der Waals surface area contributed by atoms with Gasteiger partial charge in [-0.25, -0.2) is 0 Å². The van der Waals surface area contributed by atoms with E-state index in [1.165, 1.54) is 0 Å². The maximum atomic E-state index is 6.40. The summed E-state index contributed by atoms with van der Waals surface area (Å²) in [5.41, 5.74) is 2.15. The number of nitrogens with one attached hydrogen (secondary N) is 1. The lowest BCUT2D eigenvalue weighted by Gasteiger charge is -2.32. The Bertz CT molecular complexity index is 597. The molecule has 2 atom stereocenters. The van der Waals surface area contributed by atoms with Gasteiger partial charge in [-0.15, -0.1) is 0 Å². The monoisotopic (exact) mass is 312 g/mol. The molecule has 0 aliphatic carbocycles. The highest BCUT2D eigenvalue weighted by Gasteiger charge is 2.28. The van der Waals surface area contributed by atoms with E-state index in [1.807, 2.05) is 36.5 Å². The van der Waals surface area contributed by atoms with Crippen LogP contribution in [0, 0.1) is 0 Å². The van der Waals surface area contributed by atoms with Gasteiger partial charge in [-0.05, 0) is 24.1 Å². The minimum Gasteiger partial charge on any atom is -0.481 e. The summed E-state index contributed by atoms with van der Waals surface area (Å²) in [4.78, 5) is 4.48. The van der Waals surface area contributed by atoms with Gasteiger partial charge in [-0.2, -0.15) is 0 Å². The molecule has 122 valence electrons. The van der Waals surface area contributed by atoms with E-state index in [-0.39, 0.29) is 12.2 Å². The van der Waals surface area contributed by atoms with Crippen LogP contribution in [0.3, 0.4) is 0 Å². The van der Waals surface area contributed by atoms with Crippen LogP contribution in [0.5, 0.6) is 5.75 Å². The molecule has 2 aromatic rings. The number of hydrogen-bond donors (Lipinski definition) is 1. The normalized spacial score (nSPS) is 19.3. The molecule has 1 aromatic heterocycles. The lowest BCUT2D eigenvalue weighted by Crippen LogP contribution is -2.43. The first-order chi connectivity index (χ1) is 11.4. The third-order valence-electron chi connectivity index (χ3n) is 4.01. The van der Waals surface area contributed by atoms with Gasteiger partial charge < -0.3 is 14.8 Å². The number of nitrogens with zero attached hydrogens (tertiary/aromatic N) is 1. The zero-order chi connectivity index (χ0) is 15.9. The van der Waals surface area contributed by atoms with Gasteiger partial charge in [0.25, 0.3) is 0 Å². The molecule has 4 nitrogen and oxygen atoms in total. The zero-order valence-electron chi connectivity index (χ0n) is 13.6. The van der Waals surface area contributed by atoms with Crippen molar-refractivity contribution in [1.29, 1.82) is 0 Å². The molecule has 4 heteroatoms. The maximum absolute atomic E-state index is 6.40. The number of benzene rings is 1. The number of ether oxygens (including phenoxy) is 2. The van der Waals surface area contributed by atoms with E-state index in [0.29, 0.717) is 6.61 Å². The summed E-state index contributed by atoms with van der Waals surface area (Å²) in [6, 6.07) is 14.2. The van der Waals surface area contributed by atoms with Crippen LogP contribution >= 0.6 is 0 Å². The molecule has 1 aliphatic rings. The molecule has 2 heterocycles. The summed E-state index contributed by atoms with van der Waals surface area (Å²) in [7, 11) is 0. The molecule has 1 N–H and O–H groups in total. The molecule has 23 heavy (non-hydrogen) atoms. The van der Waals surface area contributed by atoms with Crippen molar-refractivity contribution in [3.05, 3.63) is 59.9 Å². The van der Waals surface area contributed by atoms with Crippen molar-refractivity contribution in [2.75, 3.05) is 19.7 Å². The van der Waals surface area contributed by atoms with E-state index in [2.05, 4.69) is 29.4 Å². The maximum Gasteiger partial charge on any atom is 0.151 e. The minimum atomic E-state index is -0.135. The summed E-state index contributed by atoms with van der Waals surface area (Å²) >= 11 is 0. The fourth-order valence-corrected chi connectivity index (χ4v) is 2.87. The smallest absolute Gasteiger partial charge is 0.151 e. The molecule has 0 spiro atoms. The highest BCUT2D eigenvalue weighted by molar-refractivity contribution is 5.29. The second-order valence-electron chi connectivity index (χ2n) is 5.76. The summed E-state index contributed by atoms with van der Waals surface area (Å²) in [5.74, 6) is 0.859. The van der Waals surface area contributed by atoms with Crippen LogP contribution in [0.25, 0.3) is 0 Å². The predicted molar refractivity (Wildman–Crippen MR) is 90.7 cm³/mol. The van der Waals surface area contributed by atoms with E-state index in [1.54, 1.807) is 0 Å². The number of hydrogen-bond acceptors (Lipinski definition) is 4. The van der Waals surface area contributed by atoms with Crippen LogP contribution < -0.4 is 10.1 Å². The Labute approximate surface area is 137 Å². The largest absolute Gasteiger partial charge is 0.481 e. The van der Waals surface area contributed by atoms with Gasteiger partial charge in [0.2, 0.25) is 0 Å². The Morgan fingerprint density at radius 1 is 1.26 bits per heavy atom. The number of pyridine rings is 1. The summed E-state index contributed by atoms with van der Waals surface area (Å²) < 4.78 is 12.4. The summed E-state index contributed by atoms with van der Waals surface area (Å²) in [6.45, 7) is 4.56. The molecule has 0 amide bonds. The first-order valence-corrected chi connectivity index (χ1v) is 8.36. The van der Waals surface area contributed by atoms with Gasteiger partial charge in [0.1, 0.15) is 11.9 Å². The predicted octanol–water partition coefficient (Wildman–Crippen LogP) is 3.14. The second kappa shape index (κ2) is 8.09.